The molecular formula is C12H22O5. The number of carbonyl (C=O) groups is 2. The average Bonchev–Trinajstić information content (AvgIpc) is 1.97. The lowest BCUT2D eigenvalue weighted by molar-refractivity contribution is -0.199. The molecule has 0 saturated heterocycles. The summed E-state index contributed by atoms with van der Waals surface area (Å²) >= 11 is 0. The van der Waals surface area contributed by atoms with Crippen molar-refractivity contribution in [2.75, 3.05) is 0 Å². The van der Waals surface area contributed by atoms with Crippen molar-refractivity contribution in [2.45, 2.75) is 47.1 Å². The van der Waals surface area contributed by atoms with Crippen LogP contribution in [0.15, 0.2) is 0 Å². The predicted molar refractivity (Wildman–Crippen MR) is 62.6 cm³/mol. The molecule has 0 rings (SSSR count). The molecule has 5 heteroatoms. The molecule has 0 aliphatic carbocycles. The Morgan fingerprint density at radius 1 is 0.941 bits per heavy atom. The van der Waals surface area contributed by atoms with Crippen molar-refractivity contribution in [1.29, 1.82) is 0 Å². The largest absolute Gasteiger partial charge is 0.481 e. The Hall–Kier alpha value is -1.10. The zero-order chi connectivity index (χ0) is 14.2. The predicted octanol–water partition coefficient (Wildman–Crippen LogP) is 1.60. The normalized spacial score (nSPS) is 18.3. The maximum atomic E-state index is 11.3. The molecule has 17 heavy (non-hydrogen) atoms. The average molecular weight is 246 g/mol. The van der Waals surface area contributed by atoms with Crippen LogP contribution in [-0.4, -0.2) is 32.9 Å². The number of carboxylic acids is 2. The van der Waals surface area contributed by atoms with E-state index in [1.807, 2.05) is 0 Å². The molecule has 0 amide bonds. The van der Waals surface area contributed by atoms with Gasteiger partial charge < -0.3 is 15.3 Å². The zero-order valence-corrected chi connectivity index (χ0v) is 11.2. The topological polar surface area (TPSA) is 94.8 Å². The van der Waals surface area contributed by atoms with Gasteiger partial charge in [-0.15, -0.1) is 0 Å². The molecule has 3 N–H and O–H groups in total. The summed E-state index contributed by atoms with van der Waals surface area (Å²) in [5.74, 6) is -4.21. The van der Waals surface area contributed by atoms with Crippen LogP contribution < -0.4 is 0 Å². The van der Waals surface area contributed by atoms with E-state index in [1.165, 1.54) is 20.8 Å². The van der Waals surface area contributed by atoms with E-state index >= 15 is 0 Å². The minimum atomic E-state index is -2.32. The summed E-state index contributed by atoms with van der Waals surface area (Å²) in [5, 5.41) is 28.9. The molecule has 2 unspecified atom stereocenters. The second kappa shape index (κ2) is 4.29. The molecular weight excluding hydrogens is 224 g/mol. The number of aliphatic hydroxyl groups is 1. The molecule has 0 saturated carbocycles. The SMILES string of the molecule is CC(C)(C)C(C(=O)O)C(O)(C(=O)O)C(C)(C)C. The summed E-state index contributed by atoms with van der Waals surface area (Å²) in [7, 11) is 0. The molecule has 0 radical (unpaired) electrons. The minimum Gasteiger partial charge on any atom is -0.481 e. The van der Waals surface area contributed by atoms with Gasteiger partial charge in [0, 0.05) is 5.41 Å². The maximum absolute atomic E-state index is 11.3. The van der Waals surface area contributed by atoms with Gasteiger partial charge in [-0.3, -0.25) is 4.79 Å². The summed E-state index contributed by atoms with van der Waals surface area (Å²) in [6.07, 6.45) is 0. The van der Waals surface area contributed by atoms with Gasteiger partial charge in [0.1, 0.15) is 5.92 Å². The van der Waals surface area contributed by atoms with Crippen LogP contribution in [0.3, 0.4) is 0 Å². The summed E-state index contributed by atoms with van der Waals surface area (Å²) in [6, 6.07) is 0. The third kappa shape index (κ3) is 2.77. The van der Waals surface area contributed by atoms with E-state index in [9.17, 15) is 24.9 Å². The van der Waals surface area contributed by atoms with E-state index in [1.54, 1.807) is 20.8 Å². The van der Waals surface area contributed by atoms with E-state index in [0.29, 0.717) is 0 Å². The summed E-state index contributed by atoms with van der Waals surface area (Å²) in [6.45, 7) is 9.36. The van der Waals surface area contributed by atoms with Gasteiger partial charge in [-0.2, -0.15) is 0 Å². The zero-order valence-electron chi connectivity index (χ0n) is 11.2. The fraction of sp³-hybridized carbons (Fsp3) is 0.833. The molecule has 5 nitrogen and oxygen atoms in total. The monoisotopic (exact) mass is 246 g/mol. The Kier molecular flexibility index (Phi) is 4.01. The molecule has 0 aromatic rings. The quantitative estimate of drug-likeness (QED) is 0.703. The third-order valence-corrected chi connectivity index (χ3v) is 3.00. The number of hydrogen-bond acceptors (Lipinski definition) is 3. The number of hydrogen-bond donors (Lipinski definition) is 3. The number of rotatable bonds is 3. The van der Waals surface area contributed by atoms with Gasteiger partial charge in [0.25, 0.3) is 0 Å². The van der Waals surface area contributed by atoms with Crippen LogP contribution in [0.2, 0.25) is 0 Å². The fourth-order valence-electron chi connectivity index (χ4n) is 2.05. The summed E-state index contributed by atoms with van der Waals surface area (Å²) in [5.41, 5.74) is -4.28. The molecule has 2 atom stereocenters. The van der Waals surface area contributed by atoms with Crippen LogP contribution in [0.25, 0.3) is 0 Å². The van der Waals surface area contributed by atoms with Crippen LogP contribution in [0.1, 0.15) is 41.5 Å². The molecule has 0 aromatic heterocycles. The van der Waals surface area contributed by atoms with Crippen molar-refractivity contribution in [3.8, 4) is 0 Å². The summed E-state index contributed by atoms with van der Waals surface area (Å²) < 4.78 is 0. The van der Waals surface area contributed by atoms with E-state index in [0.717, 1.165) is 0 Å². The Labute approximate surface area is 101 Å². The first-order valence-electron chi connectivity index (χ1n) is 5.45. The lowest BCUT2D eigenvalue weighted by Crippen LogP contribution is -2.61. The number of carboxylic acid groups (broad SMARTS) is 2. The van der Waals surface area contributed by atoms with Crippen LogP contribution in [0, 0.1) is 16.7 Å². The van der Waals surface area contributed by atoms with Crippen molar-refractivity contribution in [3.63, 3.8) is 0 Å². The van der Waals surface area contributed by atoms with Crippen LogP contribution in [0.5, 0.6) is 0 Å². The molecule has 0 aromatic carbocycles. The van der Waals surface area contributed by atoms with Gasteiger partial charge in [-0.1, -0.05) is 41.5 Å². The van der Waals surface area contributed by atoms with Crippen molar-refractivity contribution in [1.82, 2.24) is 0 Å². The van der Waals surface area contributed by atoms with Crippen molar-refractivity contribution in [2.24, 2.45) is 16.7 Å². The van der Waals surface area contributed by atoms with Crippen molar-refractivity contribution in [3.05, 3.63) is 0 Å². The van der Waals surface area contributed by atoms with E-state index in [-0.39, 0.29) is 0 Å². The molecule has 0 aliphatic rings. The van der Waals surface area contributed by atoms with Gasteiger partial charge in [-0.25, -0.2) is 4.79 Å². The Morgan fingerprint density at radius 3 is 1.35 bits per heavy atom. The Bertz CT molecular complexity index is 321. The van der Waals surface area contributed by atoms with Gasteiger partial charge in [0.2, 0.25) is 0 Å². The third-order valence-electron chi connectivity index (χ3n) is 3.00. The Balaban J connectivity index is 5.92. The van der Waals surface area contributed by atoms with E-state index in [2.05, 4.69) is 0 Å². The molecule has 100 valence electrons. The van der Waals surface area contributed by atoms with E-state index in [4.69, 9.17) is 0 Å². The first kappa shape index (κ1) is 15.9. The number of aliphatic carboxylic acids is 2. The second-order valence-corrected chi connectivity index (χ2v) is 6.46. The molecule has 0 spiro atoms. The minimum absolute atomic E-state index is 0.869. The highest BCUT2D eigenvalue weighted by molar-refractivity contribution is 5.87. The molecule has 0 bridgehead atoms. The Morgan fingerprint density at radius 2 is 1.29 bits per heavy atom. The maximum Gasteiger partial charge on any atom is 0.337 e. The highest BCUT2D eigenvalue weighted by atomic mass is 16.4. The van der Waals surface area contributed by atoms with Crippen LogP contribution >= 0.6 is 0 Å². The second-order valence-electron chi connectivity index (χ2n) is 6.46. The molecule has 0 aliphatic heterocycles. The van der Waals surface area contributed by atoms with Gasteiger partial charge in [0.15, 0.2) is 5.60 Å². The van der Waals surface area contributed by atoms with Gasteiger partial charge in [-0.05, 0) is 5.41 Å². The lowest BCUT2D eigenvalue weighted by Gasteiger charge is -2.45. The van der Waals surface area contributed by atoms with Gasteiger partial charge in [0.05, 0.1) is 0 Å². The fourth-order valence-corrected chi connectivity index (χ4v) is 2.05. The summed E-state index contributed by atoms with van der Waals surface area (Å²) in [4.78, 5) is 22.7. The van der Waals surface area contributed by atoms with E-state index < -0.39 is 34.3 Å². The highest BCUT2D eigenvalue weighted by Gasteiger charge is 2.59. The first-order chi connectivity index (χ1) is 7.26. The van der Waals surface area contributed by atoms with Crippen LogP contribution in [-0.2, 0) is 9.59 Å². The molecule has 0 heterocycles. The molecule has 0 fully saturated rings. The standard InChI is InChI=1S/C12H22O5/c1-10(2,3)7(8(13)14)12(17,9(15)16)11(4,5)6/h7,17H,1-6H3,(H,13,14)(H,15,16). The van der Waals surface area contributed by atoms with Crippen LogP contribution in [0.4, 0.5) is 0 Å². The van der Waals surface area contributed by atoms with Crippen molar-refractivity contribution < 1.29 is 24.9 Å². The van der Waals surface area contributed by atoms with Crippen molar-refractivity contribution >= 4 is 11.9 Å². The first-order valence-corrected chi connectivity index (χ1v) is 5.45. The smallest absolute Gasteiger partial charge is 0.337 e. The lowest BCUT2D eigenvalue weighted by atomic mass is 9.61. The van der Waals surface area contributed by atoms with Gasteiger partial charge >= 0.3 is 11.9 Å². The highest BCUT2D eigenvalue weighted by Crippen LogP contribution is 2.44.